The van der Waals surface area contributed by atoms with Crippen LogP contribution in [0.1, 0.15) is 11.1 Å². The van der Waals surface area contributed by atoms with Gasteiger partial charge in [-0.1, -0.05) is 6.07 Å². The van der Waals surface area contributed by atoms with E-state index >= 15 is 0 Å². The molecule has 6 unspecified atom stereocenters. The van der Waals surface area contributed by atoms with E-state index in [1.807, 2.05) is 12.1 Å². The summed E-state index contributed by atoms with van der Waals surface area (Å²) in [6.07, 6.45) is -5.36. The SMILES string of the molecule is COc1ccc(CC2COC(=O)C2=Cc2ccc3c(c2OC2OC(CO)C(O)C(O)C2O)OCO3)cc1OC. The number of methoxy groups -OCH3 is 2. The molecule has 0 amide bonds. The molecule has 3 aliphatic heterocycles. The minimum Gasteiger partial charge on any atom is -0.493 e. The quantitative estimate of drug-likeness (QED) is 0.267. The number of esters is 1. The van der Waals surface area contributed by atoms with Gasteiger partial charge < -0.3 is 53.6 Å². The van der Waals surface area contributed by atoms with E-state index in [1.165, 1.54) is 0 Å². The average Bonchev–Trinajstić information content (AvgIpc) is 3.56. The molecule has 2 saturated heterocycles. The number of aliphatic hydroxyl groups excluding tert-OH is 4. The zero-order valence-corrected chi connectivity index (χ0v) is 21.3. The molecule has 5 rings (SSSR count). The molecular weight excluding hydrogens is 516 g/mol. The zero-order valence-electron chi connectivity index (χ0n) is 21.3. The molecule has 2 fully saturated rings. The smallest absolute Gasteiger partial charge is 0.334 e. The highest BCUT2D eigenvalue weighted by atomic mass is 16.7. The maximum Gasteiger partial charge on any atom is 0.334 e. The Morgan fingerprint density at radius 2 is 1.77 bits per heavy atom. The van der Waals surface area contributed by atoms with Gasteiger partial charge in [-0.25, -0.2) is 4.79 Å². The van der Waals surface area contributed by atoms with Gasteiger partial charge in [0.15, 0.2) is 23.0 Å². The van der Waals surface area contributed by atoms with Gasteiger partial charge in [0.2, 0.25) is 18.8 Å². The Hall–Kier alpha value is -3.55. The van der Waals surface area contributed by atoms with Crippen LogP contribution >= 0.6 is 0 Å². The molecule has 6 atom stereocenters. The predicted octanol–water partition coefficient (Wildman–Crippen LogP) is 0.410. The van der Waals surface area contributed by atoms with E-state index in [1.54, 1.807) is 38.5 Å². The van der Waals surface area contributed by atoms with Crippen LogP contribution in [0, 0.1) is 5.92 Å². The van der Waals surface area contributed by atoms with Crippen molar-refractivity contribution in [3.63, 3.8) is 0 Å². The number of carbonyl (C=O) groups excluding carboxylic acids is 1. The first-order valence-corrected chi connectivity index (χ1v) is 12.3. The third kappa shape index (κ3) is 5.21. The number of rotatable bonds is 8. The zero-order chi connectivity index (χ0) is 27.7. The Kier molecular flexibility index (Phi) is 7.82. The lowest BCUT2D eigenvalue weighted by molar-refractivity contribution is -0.277. The number of benzene rings is 2. The Labute approximate surface area is 223 Å². The molecule has 210 valence electrons. The number of fused-ring (bicyclic) bond motifs is 1. The van der Waals surface area contributed by atoms with Crippen molar-refractivity contribution in [1.29, 1.82) is 0 Å². The first kappa shape index (κ1) is 27.0. The third-order valence-corrected chi connectivity index (χ3v) is 6.94. The van der Waals surface area contributed by atoms with E-state index < -0.39 is 43.3 Å². The molecule has 0 bridgehead atoms. The lowest BCUT2D eigenvalue weighted by atomic mass is 9.92. The van der Waals surface area contributed by atoms with Crippen molar-refractivity contribution in [2.75, 3.05) is 34.2 Å². The number of carbonyl (C=O) groups is 1. The second-order valence-corrected chi connectivity index (χ2v) is 9.32. The average molecular weight is 547 g/mol. The summed E-state index contributed by atoms with van der Waals surface area (Å²) >= 11 is 0. The van der Waals surface area contributed by atoms with Gasteiger partial charge in [0.1, 0.15) is 24.4 Å². The maximum atomic E-state index is 12.8. The Morgan fingerprint density at radius 3 is 2.51 bits per heavy atom. The second kappa shape index (κ2) is 11.3. The maximum absolute atomic E-state index is 12.8. The summed E-state index contributed by atoms with van der Waals surface area (Å²) in [5.41, 5.74) is 1.70. The highest BCUT2D eigenvalue weighted by Gasteiger charge is 2.45. The fraction of sp³-hybridized carbons (Fsp3) is 0.444. The van der Waals surface area contributed by atoms with Gasteiger partial charge in [-0.05, 0) is 42.3 Å². The van der Waals surface area contributed by atoms with E-state index in [0.29, 0.717) is 34.8 Å². The largest absolute Gasteiger partial charge is 0.493 e. The van der Waals surface area contributed by atoms with Crippen LogP contribution in [0.25, 0.3) is 6.08 Å². The number of aliphatic hydroxyl groups is 4. The van der Waals surface area contributed by atoms with Gasteiger partial charge in [0.05, 0.1) is 27.4 Å². The topological polar surface area (TPSA) is 163 Å². The van der Waals surface area contributed by atoms with Gasteiger partial charge in [0, 0.05) is 17.1 Å². The Balaban J connectivity index is 1.47. The summed E-state index contributed by atoms with van der Waals surface area (Å²) in [6, 6.07) is 8.82. The number of hydrogen-bond acceptors (Lipinski definition) is 12. The second-order valence-electron chi connectivity index (χ2n) is 9.32. The van der Waals surface area contributed by atoms with Crippen molar-refractivity contribution in [3.8, 4) is 28.7 Å². The first-order chi connectivity index (χ1) is 18.8. The van der Waals surface area contributed by atoms with Crippen molar-refractivity contribution in [3.05, 3.63) is 47.0 Å². The van der Waals surface area contributed by atoms with E-state index in [0.717, 1.165) is 5.56 Å². The van der Waals surface area contributed by atoms with E-state index in [-0.39, 0.29) is 30.8 Å². The molecule has 4 N–H and O–H groups in total. The number of ether oxygens (including phenoxy) is 7. The molecule has 3 aliphatic rings. The van der Waals surface area contributed by atoms with Crippen LogP contribution in [-0.2, 0) is 20.7 Å². The lowest BCUT2D eigenvalue weighted by Crippen LogP contribution is -2.60. The lowest BCUT2D eigenvalue weighted by Gasteiger charge is -2.39. The molecule has 0 saturated carbocycles. The standard InChI is InChI=1S/C27H30O12/c1-33-17-5-3-13(8-19(17)34-2)7-15-11-35-26(32)16(15)9-14-4-6-18-25(37-12-36-18)24(14)39-27-23(31)22(30)21(29)20(10-28)38-27/h3-6,8-9,15,20-23,27-31H,7,10-12H2,1-2H3. The minimum atomic E-state index is -1.64. The van der Waals surface area contributed by atoms with E-state index in [2.05, 4.69) is 0 Å². The Bertz CT molecular complexity index is 1240. The molecule has 0 radical (unpaired) electrons. The fourth-order valence-electron chi connectivity index (χ4n) is 4.80. The summed E-state index contributed by atoms with van der Waals surface area (Å²) in [7, 11) is 3.10. The number of hydrogen-bond donors (Lipinski definition) is 4. The van der Waals surface area contributed by atoms with Gasteiger partial charge >= 0.3 is 5.97 Å². The molecule has 0 aliphatic carbocycles. The molecule has 39 heavy (non-hydrogen) atoms. The van der Waals surface area contributed by atoms with Crippen LogP contribution < -0.4 is 23.7 Å². The number of cyclic esters (lactones) is 1. The molecule has 3 heterocycles. The summed E-state index contributed by atoms with van der Waals surface area (Å²) in [4.78, 5) is 12.8. The third-order valence-electron chi connectivity index (χ3n) is 6.94. The summed E-state index contributed by atoms with van der Waals surface area (Å²) in [5.74, 6) is 1.05. The van der Waals surface area contributed by atoms with Gasteiger partial charge in [-0.3, -0.25) is 0 Å². The van der Waals surface area contributed by atoms with Crippen LogP contribution in [-0.4, -0.2) is 91.3 Å². The summed E-state index contributed by atoms with van der Waals surface area (Å²) in [6.45, 7) is -0.519. The van der Waals surface area contributed by atoms with Gasteiger partial charge in [0.25, 0.3) is 0 Å². The van der Waals surface area contributed by atoms with Crippen LogP contribution in [0.4, 0.5) is 0 Å². The highest BCUT2D eigenvalue weighted by molar-refractivity contribution is 5.96. The van der Waals surface area contributed by atoms with Crippen molar-refractivity contribution in [2.45, 2.75) is 37.1 Å². The van der Waals surface area contributed by atoms with Crippen LogP contribution in [0.2, 0.25) is 0 Å². The van der Waals surface area contributed by atoms with Crippen molar-refractivity contribution >= 4 is 12.0 Å². The van der Waals surface area contributed by atoms with Crippen molar-refractivity contribution in [1.82, 2.24) is 0 Å². The molecular formula is C27H30O12. The van der Waals surface area contributed by atoms with Gasteiger partial charge in [-0.15, -0.1) is 0 Å². The normalized spacial score (nSPS) is 28.9. The first-order valence-electron chi connectivity index (χ1n) is 12.3. The van der Waals surface area contributed by atoms with Crippen molar-refractivity contribution < 1.29 is 58.4 Å². The Morgan fingerprint density at radius 1 is 0.974 bits per heavy atom. The minimum absolute atomic E-state index is 0.0790. The molecule has 0 spiro atoms. The highest BCUT2D eigenvalue weighted by Crippen LogP contribution is 2.46. The summed E-state index contributed by atoms with van der Waals surface area (Å²) in [5, 5.41) is 40.4. The summed E-state index contributed by atoms with van der Waals surface area (Å²) < 4.78 is 38.6. The monoisotopic (exact) mass is 546 g/mol. The predicted molar refractivity (Wildman–Crippen MR) is 133 cm³/mol. The fourth-order valence-corrected chi connectivity index (χ4v) is 4.80. The van der Waals surface area contributed by atoms with E-state index in [4.69, 9.17) is 33.2 Å². The van der Waals surface area contributed by atoms with Crippen LogP contribution in [0.15, 0.2) is 35.9 Å². The van der Waals surface area contributed by atoms with Crippen LogP contribution in [0.5, 0.6) is 28.7 Å². The molecule has 2 aromatic rings. The van der Waals surface area contributed by atoms with Crippen molar-refractivity contribution in [2.24, 2.45) is 5.92 Å². The molecule has 2 aromatic carbocycles. The molecule has 0 aromatic heterocycles. The molecule has 12 nitrogen and oxygen atoms in total. The van der Waals surface area contributed by atoms with Crippen LogP contribution in [0.3, 0.4) is 0 Å². The molecule has 12 heteroatoms. The van der Waals surface area contributed by atoms with Gasteiger partial charge in [-0.2, -0.15) is 0 Å². The van der Waals surface area contributed by atoms with E-state index in [9.17, 15) is 25.2 Å².